The summed E-state index contributed by atoms with van der Waals surface area (Å²) in [6.45, 7) is 3.33. The monoisotopic (exact) mass is 434 g/mol. The number of aromatic hydroxyl groups is 1. The highest BCUT2D eigenvalue weighted by atomic mass is 35.5. The molecule has 2 fully saturated rings. The van der Waals surface area contributed by atoms with E-state index in [4.69, 9.17) is 4.74 Å². The molecule has 1 aromatic rings. The van der Waals surface area contributed by atoms with Gasteiger partial charge in [-0.05, 0) is 30.9 Å². The molecule has 3 rings (SSSR count). The van der Waals surface area contributed by atoms with Gasteiger partial charge in [-0.2, -0.15) is 13.2 Å². The van der Waals surface area contributed by atoms with Gasteiger partial charge in [0.1, 0.15) is 0 Å². The van der Waals surface area contributed by atoms with Crippen molar-refractivity contribution in [2.45, 2.75) is 25.1 Å². The Kier molecular flexibility index (Phi) is 9.08. The van der Waals surface area contributed by atoms with E-state index in [1.807, 2.05) is 4.90 Å². The molecule has 0 amide bonds. The second-order valence-electron chi connectivity index (χ2n) is 6.54. The van der Waals surface area contributed by atoms with Crippen molar-refractivity contribution in [2.24, 2.45) is 5.92 Å². The van der Waals surface area contributed by atoms with Crippen molar-refractivity contribution in [3.8, 4) is 5.75 Å². The largest absolute Gasteiger partial charge is 0.505 e. The van der Waals surface area contributed by atoms with E-state index in [-0.39, 0.29) is 36.3 Å². The Balaban J connectivity index is 0.00000182. The highest BCUT2D eigenvalue weighted by Gasteiger charge is 2.42. The van der Waals surface area contributed by atoms with Crippen LogP contribution in [0.25, 0.3) is 0 Å². The van der Waals surface area contributed by atoms with Crippen LogP contribution >= 0.6 is 24.8 Å². The third-order valence-electron chi connectivity index (χ3n) is 5.03. The Hall–Kier alpha value is -0.800. The minimum Gasteiger partial charge on any atom is -0.505 e. The Bertz CT molecular complexity index is 589. The van der Waals surface area contributed by atoms with E-state index in [0.29, 0.717) is 58.3 Å². The summed E-state index contributed by atoms with van der Waals surface area (Å²) >= 11 is 0. The zero-order valence-electron chi connectivity index (χ0n) is 14.6. The lowest BCUT2D eigenvalue weighted by molar-refractivity contribution is -0.139. The van der Waals surface area contributed by atoms with E-state index in [9.17, 15) is 22.7 Å². The lowest BCUT2D eigenvalue weighted by Crippen LogP contribution is -2.48. The van der Waals surface area contributed by atoms with E-state index >= 15 is 0 Å². The van der Waals surface area contributed by atoms with E-state index in [0.717, 1.165) is 6.07 Å². The normalized spacial score (nSPS) is 20.4. The number of rotatable bonds is 3. The van der Waals surface area contributed by atoms with Crippen LogP contribution in [-0.4, -0.2) is 49.4 Å². The molecule has 0 aliphatic carbocycles. The molecule has 0 saturated carbocycles. The van der Waals surface area contributed by atoms with Gasteiger partial charge in [0.15, 0.2) is 11.6 Å². The second-order valence-corrected chi connectivity index (χ2v) is 6.54. The Labute approximate surface area is 168 Å². The number of alkyl halides is 3. The first kappa shape index (κ1) is 24.2. The van der Waals surface area contributed by atoms with Gasteiger partial charge in [0.25, 0.3) is 0 Å². The number of hydrogen-bond donors (Lipinski definition) is 2. The summed E-state index contributed by atoms with van der Waals surface area (Å²) in [5.74, 6) is -2.03. The van der Waals surface area contributed by atoms with Crippen LogP contribution < -0.4 is 5.32 Å². The minimum atomic E-state index is -4.65. The van der Waals surface area contributed by atoms with Crippen molar-refractivity contribution in [3.05, 3.63) is 29.1 Å². The summed E-state index contributed by atoms with van der Waals surface area (Å²) in [6.07, 6.45) is -3.48. The topological polar surface area (TPSA) is 44.7 Å². The van der Waals surface area contributed by atoms with Gasteiger partial charge in [-0.1, -0.05) is 0 Å². The van der Waals surface area contributed by atoms with Gasteiger partial charge in [-0.3, -0.25) is 4.90 Å². The van der Waals surface area contributed by atoms with Crippen LogP contribution in [-0.2, 0) is 10.9 Å². The van der Waals surface area contributed by atoms with Gasteiger partial charge in [-0.15, -0.1) is 24.8 Å². The van der Waals surface area contributed by atoms with Gasteiger partial charge < -0.3 is 15.2 Å². The fourth-order valence-electron chi connectivity index (χ4n) is 3.84. The predicted molar refractivity (Wildman–Crippen MR) is 98.3 cm³/mol. The van der Waals surface area contributed by atoms with Crippen LogP contribution in [0.4, 0.5) is 17.6 Å². The average Bonchev–Trinajstić information content (AvgIpc) is 2.60. The molecular formula is C17H24Cl2F4N2O2. The molecule has 0 unspecified atom stereocenters. The smallest absolute Gasteiger partial charge is 0.416 e. The first-order valence-corrected chi connectivity index (χ1v) is 8.50. The molecule has 2 heterocycles. The molecule has 0 radical (unpaired) electrons. The zero-order chi connectivity index (χ0) is 18.0. The summed E-state index contributed by atoms with van der Waals surface area (Å²) in [4.78, 5) is 1.93. The van der Waals surface area contributed by atoms with Crippen molar-refractivity contribution in [3.63, 3.8) is 0 Å². The van der Waals surface area contributed by atoms with E-state index in [2.05, 4.69) is 5.32 Å². The maximum absolute atomic E-state index is 14.0. The van der Waals surface area contributed by atoms with Crippen molar-refractivity contribution in [2.75, 3.05) is 39.4 Å². The number of hydrogen-bond acceptors (Lipinski definition) is 4. The lowest BCUT2D eigenvalue weighted by atomic mass is 9.83. The summed E-state index contributed by atoms with van der Waals surface area (Å²) in [5, 5.41) is 13.4. The Morgan fingerprint density at radius 3 is 2.26 bits per heavy atom. The van der Waals surface area contributed by atoms with Gasteiger partial charge in [-0.25, -0.2) is 4.39 Å². The summed E-state index contributed by atoms with van der Waals surface area (Å²) in [6, 6.07) is 0.734. The van der Waals surface area contributed by atoms with Crippen LogP contribution in [0, 0.1) is 11.7 Å². The van der Waals surface area contributed by atoms with Gasteiger partial charge in [0.05, 0.1) is 5.56 Å². The fraction of sp³-hybridized carbons (Fsp3) is 0.647. The predicted octanol–water partition coefficient (Wildman–Crippen LogP) is 3.77. The van der Waals surface area contributed by atoms with Gasteiger partial charge >= 0.3 is 6.18 Å². The molecule has 27 heavy (non-hydrogen) atoms. The average molecular weight is 435 g/mol. The number of halogens is 6. The first-order chi connectivity index (χ1) is 11.9. The first-order valence-electron chi connectivity index (χ1n) is 8.50. The van der Waals surface area contributed by atoms with Crippen LogP contribution in [0.15, 0.2) is 12.1 Å². The quantitative estimate of drug-likeness (QED) is 0.710. The fourth-order valence-corrected chi connectivity index (χ4v) is 3.84. The van der Waals surface area contributed by atoms with Crippen molar-refractivity contribution in [1.82, 2.24) is 10.2 Å². The number of piperazine rings is 1. The van der Waals surface area contributed by atoms with Gasteiger partial charge in [0.2, 0.25) is 0 Å². The molecule has 2 saturated heterocycles. The van der Waals surface area contributed by atoms with Crippen LogP contribution in [0.1, 0.15) is 30.0 Å². The molecule has 1 aromatic carbocycles. The SMILES string of the molecule is Cl.Cl.Oc1c(F)ccc(C(F)(F)F)c1[C@H](C1CCOCC1)N1CCNCC1. The van der Waals surface area contributed by atoms with E-state index < -0.39 is 29.3 Å². The number of ether oxygens (including phenoxy) is 1. The summed E-state index contributed by atoms with van der Waals surface area (Å²) in [5.41, 5.74) is -1.29. The molecule has 0 bridgehead atoms. The number of benzene rings is 1. The molecule has 2 N–H and O–H groups in total. The Morgan fingerprint density at radius 1 is 1.11 bits per heavy atom. The third-order valence-corrected chi connectivity index (χ3v) is 5.03. The summed E-state index contributed by atoms with van der Waals surface area (Å²) < 4.78 is 60.0. The maximum atomic E-state index is 14.0. The molecule has 156 valence electrons. The third kappa shape index (κ3) is 5.38. The number of phenols is 1. The molecule has 0 spiro atoms. The molecule has 2 aliphatic rings. The lowest BCUT2D eigenvalue weighted by Gasteiger charge is -2.42. The second kappa shape index (κ2) is 10.1. The van der Waals surface area contributed by atoms with Crippen LogP contribution in [0.2, 0.25) is 0 Å². The Morgan fingerprint density at radius 2 is 1.70 bits per heavy atom. The van der Waals surface area contributed by atoms with Crippen molar-refractivity contribution >= 4 is 24.8 Å². The molecule has 0 aromatic heterocycles. The van der Waals surface area contributed by atoms with Crippen molar-refractivity contribution < 1.29 is 27.4 Å². The number of nitrogens with one attached hydrogen (secondary N) is 1. The molecule has 10 heteroatoms. The molecule has 4 nitrogen and oxygen atoms in total. The van der Waals surface area contributed by atoms with Gasteiger partial charge in [0, 0.05) is 51.0 Å². The standard InChI is InChI=1S/C17H22F4N2O2.2ClH/c18-13-2-1-12(17(19,20)21)14(16(13)24)15(11-3-9-25-10-4-11)23-7-5-22-6-8-23;;/h1-2,11,15,22,24H,3-10H2;2*1H/t15-;;/m0../s1. The van der Waals surface area contributed by atoms with E-state index in [1.54, 1.807) is 0 Å². The summed E-state index contributed by atoms with van der Waals surface area (Å²) in [7, 11) is 0. The van der Waals surface area contributed by atoms with E-state index in [1.165, 1.54) is 0 Å². The molecule has 2 aliphatic heterocycles. The number of phenolic OH excluding ortho intramolecular Hbond substituents is 1. The van der Waals surface area contributed by atoms with Crippen LogP contribution in [0.3, 0.4) is 0 Å². The highest BCUT2D eigenvalue weighted by molar-refractivity contribution is 5.85. The van der Waals surface area contributed by atoms with Crippen LogP contribution in [0.5, 0.6) is 5.75 Å². The molecule has 1 atom stereocenters. The number of nitrogens with zero attached hydrogens (tertiary/aromatic N) is 1. The van der Waals surface area contributed by atoms with Crippen molar-refractivity contribution in [1.29, 1.82) is 0 Å². The highest BCUT2D eigenvalue weighted by Crippen LogP contribution is 2.46. The maximum Gasteiger partial charge on any atom is 0.416 e. The zero-order valence-corrected chi connectivity index (χ0v) is 16.2. The molecular weight excluding hydrogens is 411 g/mol. The minimum absolute atomic E-state index is 0.